The number of nitrogens with zero attached hydrogens (tertiary/aromatic N) is 1. The lowest BCUT2D eigenvalue weighted by atomic mass is 10.2. The van der Waals surface area contributed by atoms with Gasteiger partial charge in [0.25, 0.3) is 5.69 Å². The van der Waals surface area contributed by atoms with E-state index in [0.29, 0.717) is 11.0 Å². The van der Waals surface area contributed by atoms with Crippen LogP contribution in [0.25, 0.3) is 0 Å². The largest absolute Gasteiger partial charge is 0.312 e. The number of rotatable bonds is 6. The van der Waals surface area contributed by atoms with Gasteiger partial charge in [-0.1, -0.05) is 27.5 Å². The molecule has 1 heterocycles. The number of hydrogen-bond donors (Lipinski definition) is 1. The Balaban J connectivity index is 1.86. The summed E-state index contributed by atoms with van der Waals surface area (Å²) < 4.78 is 1.51. The average Bonchev–Trinajstić information content (AvgIpc) is 2.80. The lowest BCUT2D eigenvalue weighted by Crippen LogP contribution is -2.16. The highest BCUT2D eigenvalue weighted by Crippen LogP contribution is 2.22. The van der Waals surface area contributed by atoms with Gasteiger partial charge in [-0.25, -0.2) is 0 Å². The summed E-state index contributed by atoms with van der Waals surface area (Å²) in [4.78, 5) is 11.6. The van der Waals surface area contributed by atoms with Gasteiger partial charge in [-0.05, 0) is 30.2 Å². The Morgan fingerprint density at radius 3 is 2.80 bits per heavy atom. The van der Waals surface area contributed by atoms with E-state index in [9.17, 15) is 10.1 Å². The number of non-ortho nitro benzene ring substituents is 1. The molecule has 0 saturated heterocycles. The summed E-state index contributed by atoms with van der Waals surface area (Å²) in [6.45, 7) is 1.40. The smallest absolute Gasteiger partial charge is 0.270 e. The van der Waals surface area contributed by atoms with Crippen LogP contribution < -0.4 is 5.32 Å². The Hall–Kier alpha value is -0.950. The summed E-state index contributed by atoms with van der Waals surface area (Å²) in [6, 6.07) is 8.86. The molecule has 0 atom stereocenters. The van der Waals surface area contributed by atoms with Crippen molar-refractivity contribution >= 4 is 44.6 Å². The number of halogens is 2. The van der Waals surface area contributed by atoms with Crippen molar-refractivity contribution < 1.29 is 4.92 Å². The van der Waals surface area contributed by atoms with Gasteiger partial charge in [0.15, 0.2) is 0 Å². The molecule has 2 rings (SSSR count). The van der Waals surface area contributed by atoms with Gasteiger partial charge < -0.3 is 5.32 Å². The van der Waals surface area contributed by atoms with Crippen molar-refractivity contribution in [1.29, 1.82) is 0 Å². The van der Waals surface area contributed by atoms with E-state index in [1.165, 1.54) is 10.9 Å². The van der Waals surface area contributed by atoms with E-state index in [1.54, 1.807) is 17.4 Å². The normalized spacial score (nSPS) is 10.7. The molecular formula is C13H12BrClN2O2S. The average molecular weight is 376 g/mol. The molecule has 0 aliphatic rings. The highest BCUT2D eigenvalue weighted by atomic mass is 79.9. The molecule has 106 valence electrons. The summed E-state index contributed by atoms with van der Waals surface area (Å²) in [6.07, 6.45) is 0.896. The molecule has 0 saturated carbocycles. The van der Waals surface area contributed by atoms with Gasteiger partial charge in [0, 0.05) is 34.6 Å². The third kappa shape index (κ3) is 4.56. The number of nitrogens with one attached hydrogen (secondary N) is 1. The van der Waals surface area contributed by atoms with Crippen LogP contribution in [0.3, 0.4) is 0 Å². The molecule has 0 unspecified atom stereocenters. The van der Waals surface area contributed by atoms with Gasteiger partial charge in [-0.2, -0.15) is 0 Å². The zero-order chi connectivity index (χ0) is 14.5. The van der Waals surface area contributed by atoms with E-state index in [0.717, 1.165) is 22.9 Å². The van der Waals surface area contributed by atoms with Gasteiger partial charge in [-0.3, -0.25) is 10.1 Å². The first-order chi connectivity index (χ1) is 9.54. The maximum Gasteiger partial charge on any atom is 0.270 e. The molecule has 7 heteroatoms. The molecule has 1 aromatic carbocycles. The number of benzene rings is 1. The first kappa shape index (κ1) is 15.4. The Labute approximate surface area is 134 Å². The fourth-order valence-electron chi connectivity index (χ4n) is 1.77. The zero-order valence-corrected chi connectivity index (χ0v) is 13.6. The molecular weight excluding hydrogens is 364 g/mol. The second kappa shape index (κ2) is 7.17. The number of thiophene rings is 1. The molecule has 0 amide bonds. The van der Waals surface area contributed by atoms with Crippen molar-refractivity contribution in [3.8, 4) is 0 Å². The van der Waals surface area contributed by atoms with Crippen molar-refractivity contribution in [2.24, 2.45) is 0 Å². The summed E-state index contributed by atoms with van der Waals surface area (Å²) in [7, 11) is 0. The standard InChI is InChI=1S/C13H12BrClN2O2S/c14-10-5-9(6-11(7-10)17(18)19)8-16-4-3-12-1-2-13(15)20-12/h1-2,5-7,16H,3-4,8H2. The van der Waals surface area contributed by atoms with Gasteiger partial charge in [0.05, 0.1) is 9.26 Å². The summed E-state index contributed by atoms with van der Waals surface area (Å²) >= 11 is 10.7. The minimum atomic E-state index is -0.387. The van der Waals surface area contributed by atoms with Gasteiger partial charge >= 0.3 is 0 Å². The zero-order valence-electron chi connectivity index (χ0n) is 10.4. The quantitative estimate of drug-likeness (QED) is 0.462. The Morgan fingerprint density at radius 2 is 2.15 bits per heavy atom. The van der Waals surface area contributed by atoms with Crippen LogP contribution in [0.5, 0.6) is 0 Å². The number of nitro groups is 1. The molecule has 0 radical (unpaired) electrons. The van der Waals surface area contributed by atoms with E-state index in [4.69, 9.17) is 11.6 Å². The summed E-state index contributed by atoms with van der Waals surface area (Å²) in [5, 5.41) is 14.0. The molecule has 1 N–H and O–H groups in total. The minimum absolute atomic E-state index is 0.0983. The van der Waals surface area contributed by atoms with Crippen LogP contribution in [-0.4, -0.2) is 11.5 Å². The third-order valence-electron chi connectivity index (χ3n) is 2.66. The Kier molecular flexibility index (Phi) is 5.54. The second-order valence-corrected chi connectivity index (χ2v) is 6.92. The van der Waals surface area contributed by atoms with Gasteiger partial charge in [0.2, 0.25) is 0 Å². The van der Waals surface area contributed by atoms with Crippen LogP contribution in [0.1, 0.15) is 10.4 Å². The lowest BCUT2D eigenvalue weighted by Gasteiger charge is -2.05. The monoisotopic (exact) mass is 374 g/mol. The van der Waals surface area contributed by atoms with Crippen LogP contribution in [-0.2, 0) is 13.0 Å². The fraction of sp³-hybridized carbons (Fsp3) is 0.231. The molecule has 20 heavy (non-hydrogen) atoms. The van der Waals surface area contributed by atoms with Crippen molar-refractivity contribution in [2.75, 3.05) is 6.54 Å². The molecule has 0 aliphatic carbocycles. The maximum absolute atomic E-state index is 10.8. The highest BCUT2D eigenvalue weighted by Gasteiger charge is 2.08. The molecule has 0 aliphatic heterocycles. The predicted octanol–water partition coefficient (Wildman–Crippen LogP) is 4.40. The molecule has 4 nitrogen and oxygen atoms in total. The van der Waals surface area contributed by atoms with Crippen molar-refractivity contribution in [3.63, 3.8) is 0 Å². The number of hydrogen-bond acceptors (Lipinski definition) is 4. The second-order valence-electron chi connectivity index (χ2n) is 4.21. The van der Waals surface area contributed by atoms with E-state index < -0.39 is 0 Å². The maximum atomic E-state index is 10.8. The molecule has 0 spiro atoms. The van der Waals surface area contributed by atoms with Crippen LogP contribution in [0.15, 0.2) is 34.8 Å². The van der Waals surface area contributed by atoms with Crippen molar-refractivity contribution in [1.82, 2.24) is 5.32 Å². The molecule has 2 aromatic rings. The molecule has 1 aromatic heterocycles. The van der Waals surface area contributed by atoms with Crippen LogP contribution in [0.2, 0.25) is 4.34 Å². The third-order valence-corrected chi connectivity index (χ3v) is 4.41. The predicted molar refractivity (Wildman–Crippen MR) is 85.5 cm³/mol. The van der Waals surface area contributed by atoms with Crippen molar-refractivity contribution in [3.05, 3.63) is 59.7 Å². The van der Waals surface area contributed by atoms with E-state index in [-0.39, 0.29) is 10.6 Å². The van der Waals surface area contributed by atoms with Gasteiger partial charge in [0.1, 0.15) is 0 Å². The topological polar surface area (TPSA) is 55.2 Å². The van der Waals surface area contributed by atoms with Crippen LogP contribution in [0, 0.1) is 10.1 Å². The first-order valence-corrected chi connectivity index (χ1v) is 7.92. The van der Waals surface area contributed by atoms with E-state index >= 15 is 0 Å². The lowest BCUT2D eigenvalue weighted by molar-refractivity contribution is -0.385. The van der Waals surface area contributed by atoms with E-state index in [2.05, 4.69) is 21.2 Å². The minimum Gasteiger partial charge on any atom is -0.312 e. The van der Waals surface area contributed by atoms with Crippen molar-refractivity contribution in [2.45, 2.75) is 13.0 Å². The fourth-order valence-corrected chi connectivity index (χ4v) is 3.39. The first-order valence-electron chi connectivity index (χ1n) is 5.93. The Bertz CT molecular complexity index is 618. The number of nitro benzene ring substituents is 1. The van der Waals surface area contributed by atoms with Gasteiger partial charge in [-0.15, -0.1) is 11.3 Å². The Morgan fingerprint density at radius 1 is 1.35 bits per heavy atom. The molecule has 0 fully saturated rings. The van der Waals surface area contributed by atoms with E-state index in [1.807, 2.05) is 18.2 Å². The molecule has 0 bridgehead atoms. The summed E-state index contributed by atoms with van der Waals surface area (Å²) in [5.74, 6) is 0. The SMILES string of the molecule is O=[N+]([O-])c1cc(Br)cc(CNCCc2ccc(Cl)s2)c1. The highest BCUT2D eigenvalue weighted by molar-refractivity contribution is 9.10. The van der Waals surface area contributed by atoms with Crippen LogP contribution >= 0.6 is 38.9 Å². The van der Waals surface area contributed by atoms with Crippen LogP contribution in [0.4, 0.5) is 5.69 Å². The summed E-state index contributed by atoms with van der Waals surface area (Å²) in [5.41, 5.74) is 0.983.